The highest BCUT2D eigenvalue weighted by atomic mass is 15.1. The Kier molecular flexibility index (Phi) is 3.66. The van der Waals surface area contributed by atoms with E-state index in [1.165, 1.54) is 22.4 Å². The highest BCUT2D eigenvalue weighted by Crippen LogP contribution is 2.20. The summed E-state index contributed by atoms with van der Waals surface area (Å²) in [6, 6.07) is 4.47. The van der Waals surface area contributed by atoms with Crippen LogP contribution in [0, 0.1) is 20.8 Å². The molecule has 0 N–H and O–H groups in total. The van der Waals surface area contributed by atoms with Gasteiger partial charge in [0.1, 0.15) is 18.1 Å². The van der Waals surface area contributed by atoms with Gasteiger partial charge >= 0.3 is 0 Å². The first-order chi connectivity index (χ1) is 8.61. The Hall–Kier alpha value is -1.83. The molecule has 0 spiro atoms. The molecule has 0 amide bonds. The second-order valence-electron chi connectivity index (χ2n) is 4.88. The lowest BCUT2D eigenvalue weighted by molar-refractivity contribution is -0.695. The van der Waals surface area contributed by atoms with Gasteiger partial charge in [-0.15, -0.1) is 6.58 Å². The maximum atomic E-state index is 3.76. The Bertz CT molecular complexity index is 541. The minimum absolute atomic E-state index is 0.987. The summed E-state index contributed by atoms with van der Waals surface area (Å²) < 4.78 is 4.40. The summed E-state index contributed by atoms with van der Waals surface area (Å²) in [5.41, 5.74) is 5.25. The second-order valence-corrected chi connectivity index (χ2v) is 4.88. The van der Waals surface area contributed by atoms with Crippen LogP contribution < -0.4 is 4.57 Å². The molecule has 0 fully saturated rings. The average Bonchev–Trinajstić information content (AvgIpc) is 2.73. The van der Waals surface area contributed by atoms with Crippen LogP contribution in [0.3, 0.4) is 0 Å². The van der Waals surface area contributed by atoms with Crippen molar-refractivity contribution in [1.29, 1.82) is 0 Å². The number of aromatic nitrogens is 2. The molecule has 0 bridgehead atoms. The van der Waals surface area contributed by atoms with Crippen molar-refractivity contribution in [1.82, 2.24) is 4.57 Å². The van der Waals surface area contributed by atoms with Crippen LogP contribution in [0.4, 0.5) is 0 Å². The van der Waals surface area contributed by atoms with E-state index in [2.05, 4.69) is 67.3 Å². The molecule has 1 heterocycles. The fourth-order valence-corrected chi connectivity index (χ4v) is 2.48. The summed E-state index contributed by atoms with van der Waals surface area (Å²) >= 11 is 0. The molecule has 1 aromatic heterocycles. The van der Waals surface area contributed by atoms with Gasteiger partial charge in [0.15, 0.2) is 0 Å². The largest absolute Gasteiger partial charge is 0.249 e. The van der Waals surface area contributed by atoms with Crippen LogP contribution in [0.25, 0.3) is 5.69 Å². The van der Waals surface area contributed by atoms with Gasteiger partial charge in [-0.1, -0.05) is 23.8 Å². The average molecular weight is 241 g/mol. The number of benzene rings is 1. The van der Waals surface area contributed by atoms with Gasteiger partial charge in [0.05, 0.1) is 6.54 Å². The number of hydrogen-bond acceptors (Lipinski definition) is 0. The number of aryl methyl sites for hydroxylation is 4. The summed E-state index contributed by atoms with van der Waals surface area (Å²) in [6.45, 7) is 11.2. The van der Waals surface area contributed by atoms with E-state index in [1.54, 1.807) is 0 Å². The minimum Gasteiger partial charge on any atom is -0.236 e. The first-order valence-corrected chi connectivity index (χ1v) is 6.38. The van der Waals surface area contributed by atoms with Crippen molar-refractivity contribution in [3.63, 3.8) is 0 Å². The van der Waals surface area contributed by atoms with Crippen LogP contribution in [0.1, 0.15) is 23.1 Å². The molecule has 0 unspecified atom stereocenters. The molecule has 0 saturated carbocycles. The zero-order valence-electron chi connectivity index (χ0n) is 11.5. The Morgan fingerprint density at radius 2 is 1.89 bits per heavy atom. The summed E-state index contributed by atoms with van der Waals surface area (Å²) in [5.74, 6) is 0. The van der Waals surface area contributed by atoms with E-state index in [0.29, 0.717) is 0 Å². The van der Waals surface area contributed by atoms with Crippen molar-refractivity contribution in [2.75, 3.05) is 0 Å². The lowest BCUT2D eigenvalue weighted by Gasteiger charge is -2.06. The number of hydrogen-bond donors (Lipinski definition) is 0. The zero-order chi connectivity index (χ0) is 13.1. The number of nitrogens with zero attached hydrogens (tertiary/aromatic N) is 2. The molecule has 2 aromatic rings. The van der Waals surface area contributed by atoms with E-state index in [-0.39, 0.29) is 0 Å². The van der Waals surface area contributed by atoms with Gasteiger partial charge in [0.2, 0.25) is 6.33 Å². The van der Waals surface area contributed by atoms with Crippen LogP contribution >= 0.6 is 0 Å². The summed E-state index contributed by atoms with van der Waals surface area (Å²) in [4.78, 5) is 0. The summed E-state index contributed by atoms with van der Waals surface area (Å²) in [5, 5.41) is 0. The Morgan fingerprint density at radius 1 is 1.22 bits per heavy atom. The third kappa shape index (κ3) is 2.53. The Labute approximate surface area is 109 Å². The smallest absolute Gasteiger partial charge is 0.236 e. The van der Waals surface area contributed by atoms with Gasteiger partial charge in [0.25, 0.3) is 0 Å². The van der Waals surface area contributed by atoms with Gasteiger partial charge in [0, 0.05) is 6.42 Å². The first kappa shape index (κ1) is 12.6. The van der Waals surface area contributed by atoms with Crippen LogP contribution in [0.2, 0.25) is 0 Å². The molecular formula is C16H21N2+. The van der Waals surface area contributed by atoms with Crippen molar-refractivity contribution >= 4 is 0 Å². The van der Waals surface area contributed by atoms with E-state index in [4.69, 9.17) is 0 Å². The number of allylic oxidation sites excluding steroid dienone is 1. The van der Waals surface area contributed by atoms with Crippen molar-refractivity contribution in [2.45, 2.75) is 33.7 Å². The minimum atomic E-state index is 0.987. The predicted octanol–water partition coefficient (Wildman–Crippen LogP) is 3.27. The van der Waals surface area contributed by atoms with E-state index < -0.39 is 0 Å². The monoisotopic (exact) mass is 241 g/mol. The quantitative estimate of drug-likeness (QED) is 0.574. The maximum absolute atomic E-state index is 3.76. The summed E-state index contributed by atoms with van der Waals surface area (Å²) in [7, 11) is 0. The molecule has 18 heavy (non-hydrogen) atoms. The van der Waals surface area contributed by atoms with Crippen molar-refractivity contribution < 1.29 is 4.57 Å². The fraction of sp³-hybridized carbons (Fsp3) is 0.312. The van der Waals surface area contributed by atoms with Crippen LogP contribution in [0.15, 0.2) is 43.5 Å². The van der Waals surface area contributed by atoms with Crippen molar-refractivity contribution in [2.24, 2.45) is 0 Å². The molecular weight excluding hydrogens is 220 g/mol. The van der Waals surface area contributed by atoms with Crippen molar-refractivity contribution in [3.05, 3.63) is 60.2 Å². The first-order valence-electron chi connectivity index (χ1n) is 6.38. The molecule has 2 rings (SSSR count). The van der Waals surface area contributed by atoms with Crippen LogP contribution in [-0.4, -0.2) is 4.57 Å². The third-order valence-corrected chi connectivity index (χ3v) is 3.18. The lowest BCUT2D eigenvalue weighted by atomic mass is 10.1. The van der Waals surface area contributed by atoms with Crippen molar-refractivity contribution in [3.8, 4) is 5.69 Å². The topological polar surface area (TPSA) is 8.81 Å². The molecule has 0 atom stereocenters. The number of rotatable bonds is 4. The van der Waals surface area contributed by atoms with Gasteiger partial charge < -0.3 is 0 Å². The van der Waals surface area contributed by atoms with E-state index in [9.17, 15) is 0 Å². The van der Waals surface area contributed by atoms with Gasteiger partial charge in [-0.3, -0.25) is 0 Å². The van der Waals surface area contributed by atoms with Crippen LogP contribution in [-0.2, 0) is 6.54 Å². The SMILES string of the molecule is C=CCC[n+]1ccn(-c2c(C)cc(C)cc2C)c1. The van der Waals surface area contributed by atoms with Crippen LogP contribution in [0.5, 0.6) is 0 Å². The fourth-order valence-electron chi connectivity index (χ4n) is 2.48. The van der Waals surface area contributed by atoms with Gasteiger partial charge in [-0.05, 0) is 31.9 Å². The highest BCUT2D eigenvalue weighted by molar-refractivity contribution is 5.48. The normalized spacial score (nSPS) is 10.6. The molecule has 0 aliphatic rings. The van der Waals surface area contributed by atoms with E-state index >= 15 is 0 Å². The molecule has 0 aliphatic carbocycles. The van der Waals surface area contributed by atoms with Gasteiger partial charge in [-0.2, -0.15) is 0 Å². The van der Waals surface area contributed by atoms with Gasteiger partial charge in [-0.25, -0.2) is 9.13 Å². The zero-order valence-corrected chi connectivity index (χ0v) is 11.5. The Balaban J connectivity index is 2.37. The lowest BCUT2D eigenvalue weighted by Crippen LogP contribution is -2.30. The molecule has 0 aliphatic heterocycles. The maximum Gasteiger partial charge on any atom is 0.249 e. The Morgan fingerprint density at radius 3 is 2.50 bits per heavy atom. The molecule has 1 aromatic carbocycles. The summed E-state index contributed by atoms with van der Waals surface area (Å²) in [6.07, 6.45) is 9.33. The molecule has 2 heteroatoms. The molecule has 2 nitrogen and oxygen atoms in total. The third-order valence-electron chi connectivity index (χ3n) is 3.18. The predicted molar refractivity (Wildman–Crippen MR) is 75.0 cm³/mol. The van der Waals surface area contributed by atoms with E-state index in [0.717, 1.165) is 13.0 Å². The molecule has 94 valence electrons. The highest BCUT2D eigenvalue weighted by Gasteiger charge is 2.12. The number of imidazole rings is 1. The molecule has 0 radical (unpaired) electrons. The molecule has 0 saturated heterocycles. The second kappa shape index (κ2) is 5.21. The van der Waals surface area contributed by atoms with E-state index in [1.807, 2.05) is 6.08 Å². The standard InChI is InChI=1S/C16H21N2/c1-5-6-7-17-8-9-18(12-17)16-14(3)10-13(2)11-15(16)4/h5,8-12H,1,6-7H2,2-4H3/q+1.